The summed E-state index contributed by atoms with van der Waals surface area (Å²) in [5, 5.41) is 8.13. The minimum absolute atomic E-state index is 0.679. The average molecular weight is 370 g/mol. The summed E-state index contributed by atoms with van der Waals surface area (Å²) in [6.45, 7) is 6.45. The molecule has 4 rings (SSSR count). The van der Waals surface area contributed by atoms with Crippen molar-refractivity contribution in [1.82, 2.24) is 19.9 Å². The van der Waals surface area contributed by atoms with Gasteiger partial charge in [0, 0.05) is 43.7 Å². The van der Waals surface area contributed by atoms with Crippen molar-refractivity contribution < 1.29 is 9.26 Å². The molecule has 0 unspecified atom stereocenters. The van der Waals surface area contributed by atoms with Gasteiger partial charge in [-0.25, -0.2) is 0 Å². The van der Waals surface area contributed by atoms with Crippen molar-refractivity contribution in [3.8, 4) is 17.1 Å². The van der Waals surface area contributed by atoms with E-state index in [1.54, 1.807) is 11.3 Å². The predicted octanol–water partition coefficient (Wildman–Crippen LogP) is 2.99. The highest BCUT2D eigenvalue weighted by molar-refractivity contribution is 7.08. The van der Waals surface area contributed by atoms with Gasteiger partial charge >= 0.3 is 0 Å². The highest BCUT2D eigenvalue weighted by Crippen LogP contribution is 2.19. The quantitative estimate of drug-likeness (QED) is 0.637. The van der Waals surface area contributed by atoms with Crippen LogP contribution in [0.1, 0.15) is 5.89 Å². The summed E-state index contributed by atoms with van der Waals surface area (Å²) in [6, 6.07) is 12.0. The van der Waals surface area contributed by atoms with Gasteiger partial charge in [0.05, 0.1) is 6.54 Å². The van der Waals surface area contributed by atoms with E-state index in [1.165, 1.54) is 0 Å². The first-order valence-electron chi connectivity index (χ1n) is 8.84. The standard InChI is InChI=1S/C19H22N4O2S/c1-2-4-17(5-3-1)24-12-11-22-7-9-23(10-8-22)14-18-20-19(21-25-18)16-6-13-26-15-16/h1-6,13,15H,7-12,14H2. The fraction of sp³-hybridized carbons (Fsp3) is 0.368. The fourth-order valence-electron chi connectivity index (χ4n) is 3.00. The average Bonchev–Trinajstić information content (AvgIpc) is 3.36. The summed E-state index contributed by atoms with van der Waals surface area (Å²) >= 11 is 1.64. The Kier molecular flexibility index (Phi) is 5.59. The lowest BCUT2D eigenvalue weighted by Gasteiger charge is -2.33. The van der Waals surface area contributed by atoms with E-state index in [0.29, 0.717) is 18.3 Å². The molecule has 0 N–H and O–H groups in total. The zero-order chi connectivity index (χ0) is 17.6. The molecule has 136 valence electrons. The van der Waals surface area contributed by atoms with E-state index in [2.05, 4.69) is 19.9 Å². The number of aromatic nitrogens is 2. The maximum absolute atomic E-state index is 5.78. The van der Waals surface area contributed by atoms with E-state index in [1.807, 2.05) is 47.2 Å². The van der Waals surface area contributed by atoms with Crippen LogP contribution in [-0.2, 0) is 6.54 Å². The number of hydrogen-bond acceptors (Lipinski definition) is 7. The highest BCUT2D eigenvalue weighted by atomic mass is 32.1. The Morgan fingerprint density at radius 2 is 1.85 bits per heavy atom. The predicted molar refractivity (Wildman–Crippen MR) is 101 cm³/mol. The number of thiophene rings is 1. The summed E-state index contributed by atoms with van der Waals surface area (Å²) in [7, 11) is 0. The first-order chi connectivity index (χ1) is 12.9. The normalized spacial score (nSPS) is 16.0. The third kappa shape index (κ3) is 4.49. The fourth-order valence-corrected chi connectivity index (χ4v) is 3.63. The number of hydrogen-bond donors (Lipinski definition) is 0. The maximum atomic E-state index is 5.78. The Balaban J connectivity index is 1.19. The molecular weight excluding hydrogens is 348 g/mol. The summed E-state index contributed by atoms with van der Waals surface area (Å²) in [5.74, 6) is 2.30. The molecule has 0 radical (unpaired) electrons. The minimum atomic E-state index is 0.679. The lowest BCUT2D eigenvalue weighted by atomic mass is 10.3. The van der Waals surface area contributed by atoms with Crippen LogP contribution in [0.2, 0.25) is 0 Å². The van der Waals surface area contributed by atoms with E-state index in [4.69, 9.17) is 9.26 Å². The maximum Gasteiger partial charge on any atom is 0.241 e. The van der Waals surface area contributed by atoms with Crippen molar-refractivity contribution >= 4 is 11.3 Å². The van der Waals surface area contributed by atoms with Crippen molar-refractivity contribution in [1.29, 1.82) is 0 Å². The number of benzene rings is 1. The van der Waals surface area contributed by atoms with Crippen molar-refractivity contribution in [2.24, 2.45) is 0 Å². The molecule has 7 heteroatoms. The Labute approximate surface area is 157 Å². The van der Waals surface area contributed by atoms with Crippen LogP contribution in [0.4, 0.5) is 0 Å². The van der Waals surface area contributed by atoms with Crippen LogP contribution < -0.4 is 4.74 Å². The van der Waals surface area contributed by atoms with Crippen LogP contribution in [0.15, 0.2) is 51.7 Å². The number of para-hydroxylation sites is 1. The summed E-state index contributed by atoms with van der Waals surface area (Å²) in [6.07, 6.45) is 0. The van der Waals surface area contributed by atoms with Crippen LogP contribution in [0.3, 0.4) is 0 Å². The number of rotatable bonds is 7. The zero-order valence-corrected chi connectivity index (χ0v) is 15.4. The van der Waals surface area contributed by atoms with Gasteiger partial charge in [-0.1, -0.05) is 23.4 Å². The molecule has 1 aliphatic rings. The smallest absolute Gasteiger partial charge is 0.241 e. The molecule has 26 heavy (non-hydrogen) atoms. The molecular formula is C19H22N4O2S. The van der Waals surface area contributed by atoms with E-state index in [0.717, 1.165) is 50.6 Å². The van der Waals surface area contributed by atoms with E-state index < -0.39 is 0 Å². The van der Waals surface area contributed by atoms with Gasteiger partial charge in [-0.15, -0.1) is 0 Å². The lowest BCUT2D eigenvalue weighted by molar-refractivity contribution is 0.104. The van der Waals surface area contributed by atoms with Gasteiger partial charge in [-0.05, 0) is 23.6 Å². The molecule has 0 saturated carbocycles. The van der Waals surface area contributed by atoms with Crippen molar-refractivity contribution in [3.05, 3.63) is 53.0 Å². The SMILES string of the molecule is c1ccc(OCCN2CCN(Cc3nc(-c4ccsc4)no3)CC2)cc1. The number of ether oxygens (including phenoxy) is 1. The molecule has 0 atom stereocenters. The Hall–Kier alpha value is -2.22. The van der Waals surface area contributed by atoms with Gasteiger partial charge in [0.25, 0.3) is 0 Å². The van der Waals surface area contributed by atoms with Crippen LogP contribution in [0, 0.1) is 0 Å². The topological polar surface area (TPSA) is 54.6 Å². The first kappa shape index (κ1) is 17.2. The molecule has 6 nitrogen and oxygen atoms in total. The van der Waals surface area contributed by atoms with Crippen molar-refractivity contribution in [2.75, 3.05) is 39.3 Å². The molecule has 3 aromatic rings. The highest BCUT2D eigenvalue weighted by Gasteiger charge is 2.19. The van der Waals surface area contributed by atoms with E-state index >= 15 is 0 Å². The van der Waals surface area contributed by atoms with Gasteiger partial charge in [-0.2, -0.15) is 16.3 Å². The minimum Gasteiger partial charge on any atom is -0.492 e. The van der Waals surface area contributed by atoms with Crippen molar-refractivity contribution in [3.63, 3.8) is 0 Å². The molecule has 0 aliphatic carbocycles. The first-order valence-corrected chi connectivity index (χ1v) is 9.79. The lowest BCUT2D eigenvalue weighted by Crippen LogP contribution is -2.47. The number of piperazine rings is 1. The molecule has 0 bridgehead atoms. The van der Waals surface area contributed by atoms with Crippen LogP contribution in [0.25, 0.3) is 11.4 Å². The second kappa shape index (κ2) is 8.44. The molecule has 0 amide bonds. The monoisotopic (exact) mass is 370 g/mol. The second-order valence-electron chi connectivity index (χ2n) is 6.30. The Bertz CT molecular complexity index is 783. The van der Waals surface area contributed by atoms with Gasteiger partial charge < -0.3 is 9.26 Å². The molecule has 1 aromatic carbocycles. The molecule has 1 fully saturated rings. The van der Waals surface area contributed by atoms with Gasteiger partial charge in [-0.3, -0.25) is 9.80 Å². The Morgan fingerprint density at radius 1 is 1.04 bits per heavy atom. The third-order valence-electron chi connectivity index (χ3n) is 4.49. The zero-order valence-electron chi connectivity index (χ0n) is 14.6. The molecule has 0 spiro atoms. The summed E-state index contributed by atoms with van der Waals surface area (Å²) in [5.41, 5.74) is 1.02. The van der Waals surface area contributed by atoms with Crippen LogP contribution >= 0.6 is 11.3 Å². The largest absolute Gasteiger partial charge is 0.492 e. The second-order valence-corrected chi connectivity index (χ2v) is 7.08. The molecule has 2 aromatic heterocycles. The number of nitrogens with zero attached hydrogens (tertiary/aromatic N) is 4. The van der Waals surface area contributed by atoms with E-state index in [-0.39, 0.29) is 0 Å². The van der Waals surface area contributed by atoms with Crippen LogP contribution in [0.5, 0.6) is 5.75 Å². The van der Waals surface area contributed by atoms with Gasteiger partial charge in [0.1, 0.15) is 12.4 Å². The van der Waals surface area contributed by atoms with Gasteiger partial charge in [0.15, 0.2) is 0 Å². The summed E-state index contributed by atoms with van der Waals surface area (Å²) < 4.78 is 11.2. The summed E-state index contributed by atoms with van der Waals surface area (Å²) in [4.78, 5) is 9.30. The third-order valence-corrected chi connectivity index (χ3v) is 5.17. The van der Waals surface area contributed by atoms with Crippen molar-refractivity contribution in [2.45, 2.75) is 6.54 Å². The molecule has 1 saturated heterocycles. The van der Waals surface area contributed by atoms with E-state index in [9.17, 15) is 0 Å². The molecule has 1 aliphatic heterocycles. The molecule has 3 heterocycles. The van der Waals surface area contributed by atoms with Crippen LogP contribution in [-0.4, -0.2) is 59.3 Å². The Morgan fingerprint density at radius 3 is 2.62 bits per heavy atom. The van der Waals surface area contributed by atoms with Gasteiger partial charge in [0.2, 0.25) is 11.7 Å².